The molecule has 1 aliphatic heterocycles. The first-order valence-electron chi connectivity index (χ1n) is 6.61. The summed E-state index contributed by atoms with van der Waals surface area (Å²) in [6, 6.07) is 6.35. The summed E-state index contributed by atoms with van der Waals surface area (Å²) in [6.45, 7) is 8.54. The van der Waals surface area contributed by atoms with E-state index in [1.165, 1.54) is 16.7 Å². The number of fused-ring (bicyclic) bond motifs is 1. The van der Waals surface area contributed by atoms with Crippen LogP contribution < -0.4 is 4.74 Å². The Morgan fingerprint density at radius 3 is 2.83 bits per heavy atom. The summed E-state index contributed by atoms with van der Waals surface area (Å²) in [5.74, 6) is 1.00. The van der Waals surface area contributed by atoms with Crippen LogP contribution in [0.15, 0.2) is 35.9 Å². The Morgan fingerprint density at radius 2 is 2.11 bits per heavy atom. The van der Waals surface area contributed by atoms with E-state index in [4.69, 9.17) is 4.74 Å². The molecule has 0 bridgehead atoms. The highest BCUT2D eigenvalue weighted by molar-refractivity contribution is 5.61. The highest BCUT2D eigenvalue weighted by atomic mass is 16.5. The number of benzene rings is 1. The molecule has 0 spiro atoms. The third-order valence-electron chi connectivity index (χ3n) is 3.32. The molecule has 1 heteroatoms. The predicted molar refractivity (Wildman–Crippen MR) is 77.9 cm³/mol. The quantitative estimate of drug-likeness (QED) is 0.685. The maximum absolute atomic E-state index is 6.14. The van der Waals surface area contributed by atoms with Crippen molar-refractivity contribution in [1.29, 1.82) is 0 Å². The predicted octanol–water partition coefficient (Wildman–Crippen LogP) is 4.91. The first kappa shape index (κ1) is 12.9. The van der Waals surface area contributed by atoms with Gasteiger partial charge in [-0.25, -0.2) is 0 Å². The highest BCUT2D eigenvalue weighted by Crippen LogP contribution is 2.33. The van der Waals surface area contributed by atoms with Crippen LogP contribution in [0.5, 0.6) is 5.75 Å². The van der Waals surface area contributed by atoms with Crippen LogP contribution in [-0.4, -0.2) is 5.60 Å². The monoisotopic (exact) mass is 242 g/mol. The van der Waals surface area contributed by atoms with E-state index in [9.17, 15) is 0 Å². The van der Waals surface area contributed by atoms with Gasteiger partial charge in [0.1, 0.15) is 11.4 Å². The van der Waals surface area contributed by atoms with Crippen molar-refractivity contribution in [3.8, 4) is 5.75 Å². The smallest absolute Gasteiger partial charge is 0.127 e. The van der Waals surface area contributed by atoms with Gasteiger partial charge < -0.3 is 4.74 Å². The summed E-state index contributed by atoms with van der Waals surface area (Å²) in [5.41, 5.74) is 3.66. The number of rotatable bonds is 3. The molecule has 1 atom stereocenters. The van der Waals surface area contributed by atoms with Crippen molar-refractivity contribution in [2.24, 2.45) is 0 Å². The average molecular weight is 242 g/mol. The molecule has 96 valence electrons. The summed E-state index contributed by atoms with van der Waals surface area (Å²) in [6.07, 6.45) is 8.72. The molecule has 18 heavy (non-hydrogen) atoms. The molecule has 0 N–H and O–H groups in total. The second-order valence-electron chi connectivity index (χ2n) is 5.61. The Kier molecular flexibility index (Phi) is 3.60. The molecule has 0 fully saturated rings. The Hall–Kier alpha value is -1.50. The van der Waals surface area contributed by atoms with E-state index < -0.39 is 0 Å². The zero-order chi connectivity index (χ0) is 13.2. The Morgan fingerprint density at radius 1 is 1.33 bits per heavy atom. The van der Waals surface area contributed by atoms with Gasteiger partial charge in [-0.05, 0) is 58.7 Å². The van der Waals surface area contributed by atoms with Crippen LogP contribution in [-0.2, 0) is 0 Å². The van der Waals surface area contributed by atoms with E-state index in [1.54, 1.807) is 0 Å². The maximum atomic E-state index is 6.14. The van der Waals surface area contributed by atoms with E-state index in [0.29, 0.717) is 0 Å². The highest BCUT2D eigenvalue weighted by Gasteiger charge is 2.26. The number of hydrogen-bond donors (Lipinski definition) is 0. The van der Waals surface area contributed by atoms with Gasteiger partial charge in [-0.1, -0.05) is 29.4 Å². The lowest BCUT2D eigenvalue weighted by Gasteiger charge is -2.31. The van der Waals surface area contributed by atoms with Gasteiger partial charge in [0.25, 0.3) is 0 Å². The van der Waals surface area contributed by atoms with Crippen LogP contribution in [0.25, 0.3) is 6.08 Å². The molecule has 1 heterocycles. The first-order valence-corrected chi connectivity index (χ1v) is 6.61. The van der Waals surface area contributed by atoms with Crippen molar-refractivity contribution >= 4 is 6.08 Å². The van der Waals surface area contributed by atoms with Gasteiger partial charge in [0.15, 0.2) is 0 Å². The second kappa shape index (κ2) is 5.01. The lowest BCUT2D eigenvalue weighted by atomic mass is 9.94. The molecule has 0 radical (unpaired) electrons. The van der Waals surface area contributed by atoms with Crippen LogP contribution in [0, 0.1) is 6.92 Å². The summed E-state index contributed by atoms with van der Waals surface area (Å²) in [7, 11) is 0. The lowest BCUT2D eigenvalue weighted by molar-refractivity contribution is 0.128. The fourth-order valence-electron chi connectivity index (χ4n) is 2.22. The summed E-state index contributed by atoms with van der Waals surface area (Å²) >= 11 is 0. The zero-order valence-electron chi connectivity index (χ0n) is 11.8. The van der Waals surface area contributed by atoms with E-state index in [1.807, 2.05) is 0 Å². The molecule has 1 aromatic rings. The van der Waals surface area contributed by atoms with Gasteiger partial charge in [-0.15, -0.1) is 0 Å². The Bertz CT molecular complexity index is 492. The minimum absolute atomic E-state index is 0.172. The fraction of sp³-hybridized carbons (Fsp3) is 0.412. The molecule has 0 aliphatic carbocycles. The van der Waals surface area contributed by atoms with Crippen molar-refractivity contribution in [3.63, 3.8) is 0 Å². The van der Waals surface area contributed by atoms with Crippen LogP contribution in [0.4, 0.5) is 0 Å². The zero-order valence-corrected chi connectivity index (χ0v) is 11.8. The van der Waals surface area contributed by atoms with Gasteiger partial charge in [0.05, 0.1) is 0 Å². The molecular formula is C17H22O. The summed E-state index contributed by atoms with van der Waals surface area (Å²) < 4.78 is 6.14. The number of allylic oxidation sites excluding steroid dienone is 2. The normalized spacial score (nSPS) is 21.1. The van der Waals surface area contributed by atoms with Gasteiger partial charge in [0, 0.05) is 5.56 Å². The molecule has 0 aromatic heterocycles. The van der Waals surface area contributed by atoms with E-state index >= 15 is 0 Å². The molecular weight excluding hydrogens is 220 g/mol. The van der Waals surface area contributed by atoms with Gasteiger partial charge in [-0.2, -0.15) is 0 Å². The number of hydrogen-bond acceptors (Lipinski definition) is 1. The van der Waals surface area contributed by atoms with Crippen molar-refractivity contribution in [3.05, 3.63) is 47.1 Å². The molecule has 1 nitrogen and oxygen atoms in total. The molecule has 0 saturated heterocycles. The molecule has 2 rings (SSSR count). The Labute approximate surface area is 110 Å². The fourth-order valence-corrected chi connectivity index (χ4v) is 2.22. The van der Waals surface area contributed by atoms with Gasteiger partial charge in [-0.3, -0.25) is 0 Å². The van der Waals surface area contributed by atoms with Crippen LogP contribution >= 0.6 is 0 Å². The lowest BCUT2D eigenvalue weighted by Crippen LogP contribution is -2.31. The molecule has 0 unspecified atom stereocenters. The molecule has 0 amide bonds. The minimum atomic E-state index is -0.172. The van der Waals surface area contributed by atoms with Crippen molar-refractivity contribution in [2.45, 2.75) is 46.1 Å². The first-order chi connectivity index (χ1) is 8.48. The molecule has 0 saturated carbocycles. The molecule has 1 aliphatic rings. The van der Waals surface area contributed by atoms with E-state index in [2.05, 4.69) is 64.1 Å². The van der Waals surface area contributed by atoms with Crippen molar-refractivity contribution in [1.82, 2.24) is 0 Å². The number of ether oxygens (including phenoxy) is 1. The van der Waals surface area contributed by atoms with Crippen molar-refractivity contribution < 1.29 is 4.74 Å². The largest absolute Gasteiger partial charge is 0.483 e. The third kappa shape index (κ3) is 3.04. The summed E-state index contributed by atoms with van der Waals surface area (Å²) in [5, 5.41) is 0. The van der Waals surface area contributed by atoms with Crippen molar-refractivity contribution in [2.75, 3.05) is 0 Å². The third-order valence-corrected chi connectivity index (χ3v) is 3.32. The van der Waals surface area contributed by atoms with Gasteiger partial charge in [0.2, 0.25) is 0 Å². The number of aryl methyl sites for hydroxylation is 1. The minimum Gasteiger partial charge on any atom is -0.483 e. The van der Waals surface area contributed by atoms with Crippen LogP contribution in [0.1, 0.15) is 44.7 Å². The van der Waals surface area contributed by atoms with E-state index in [-0.39, 0.29) is 5.60 Å². The van der Waals surface area contributed by atoms with Crippen LogP contribution in [0.3, 0.4) is 0 Å². The van der Waals surface area contributed by atoms with E-state index in [0.717, 1.165) is 18.6 Å². The average Bonchev–Trinajstić information content (AvgIpc) is 2.29. The van der Waals surface area contributed by atoms with Gasteiger partial charge >= 0.3 is 0 Å². The second-order valence-corrected chi connectivity index (χ2v) is 5.61. The molecule has 1 aromatic carbocycles. The Balaban J connectivity index is 2.11. The SMILES string of the molecule is CC(C)=CCC[C@]1(C)C=Cc2cc(C)ccc2O1. The summed E-state index contributed by atoms with van der Waals surface area (Å²) in [4.78, 5) is 0. The van der Waals surface area contributed by atoms with Crippen LogP contribution in [0.2, 0.25) is 0 Å². The topological polar surface area (TPSA) is 9.23 Å². The maximum Gasteiger partial charge on any atom is 0.127 e. The standard InChI is InChI=1S/C17H22O/c1-13(2)6-5-10-17(4)11-9-15-12-14(3)7-8-16(15)18-17/h6-9,11-12H,5,10H2,1-4H3/t17-/m1/s1.